The quantitative estimate of drug-likeness (QED) is 0.871. The van der Waals surface area contributed by atoms with Crippen molar-refractivity contribution in [1.29, 1.82) is 0 Å². The van der Waals surface area contributed by atoms with Crippen LogP contribution in [-0.4, -0.2) is 63.5 Å². The van der Waals surface area contributed by atoms with Crippen molar-refractivity contribution in [3.8, 4) is 0 Å². The Hall–Kier alpha value is -2.41. The van der Waals surface area contributed by atoms with Crippen LogP contribution in [0.3, 0.4) is 0 Å². The molecule has 0 bridgehead atoms. The SMILES string of the molecule is O=C(c1ccc(N2CCC[C@H](c3ccn(CCO)n3)C2)nc1)N1CCCC1. The highest BCUT2D eigenvalue weighted by molar-refractivity contribution is 5.94. The zero-order chi connectivity index (χ0) is 18.6. The summed E-state index contributed by atoms with van der Waals surface area (Å²) in [5.41, 5.74) is 1.76. The Balaban J connectivity index is 1.42. The van der Waals surface area contributed by atoms with Crippen molar-refractivity contribution in [3.63, 3.8) is 0 Å². The molecule has 2 aromatic heterocycles. The van der Waals surface area contributed by atoms with E-state index in [0.29, 0.717) is 18.0 Å². The highest BCUT2D eigenvalue weighted by atomic mass is 16.3. The van der Waals surface area contributed by atoms with E-state index in [9.17, 15) is 4.79 Å². The summed E-state index contributed by atoms with van der Waals surface area (Å²) in [7, 11) is 0. The molecule has 2 aromatic rings. The van der Waals surface area contributed by atoms with Gasteiger partial charge in [0.05, 0.1) is 24.4 Å². The van der Waals surface area contributed by atoms with Crippen LogP contribution < -0.4 is 4.90 Å². The average Bonchev–Trinajstić information content (AvgIpc) is 3.40. The zero-order valence-electron chi connectivity index (χ0n) is 15.6. The largest absolute Gasteiger partial charge is 0.394 e. The fourth-order valence-corrected chi connectivity index (χ4v) is 4.05. The second kappa shape index (κ2) is 8.08. The molecular weight excluding hydrogens is 342 g/mol. The van der Waals surface area contributed by atoms with E-state index in [-0.39, 0.29) is 12.5 Å². The Kier molecular flexibility index (Phi) is 5.38. The van der Waals surface area contributed by atoms with Crippen molar-refractivity contribution >= 4 is 11.7 Å². The third-order valence-electron chi connectivity index (χ3n) is 5.54. The Morgan fingerprint density at radius 2 is 2.00 bits per heavy atom. The van der Waals surface area contributed by atoms with E-state index in [4.69, 9.17) is 5.11 Å². The van der Waals surface area contributed by atoms with Gasteiger partial charge in [0, 0.05) is 44.5 Å². The second-order valence-electron chi connectivity index (χ2n) is 7.42. The molecule has 0 spiro atoms. The summed E-state index contributed by atoms with van der Waals surface area (Å²) in [5, 5.41) is 13.6. The summed E-state index contributed by atoms with van der Waals surface area (Å²) in [5.74, 6) is 1.39. The number of nitrogens with zero attached hydrogens (tertiary/aromatic N) is 5. The molecule has 144 valence electrons. The van der Waals surface area contributed by atoms with E-state index in [1.807, 2.05) is 23.2 Å². The van der Waals surface area contributed by atoms with Gasteiger partial charge in [-0.15, -0.1) is 0 Å². The number of likely N-dealkylation sites (tertiary alicyclic amines) is 1. The molecule has 2 aliphatic heterocycles. The second-order valence-corrected chi connectivity index (χ2v) is 7.42. The van der Waals surface area contributed by atoms with Gasteiger partial charge >= 0.3 is 0 Å². The Labute approximate surface area is 159 Å². The number of hydrogen-bond donors (Lipinski definition) is 1. The van der Waals surface area contributed by atoms with Crippen LogP contribution in [0.5, 0.6) is 0 Å². The molecule has 7 heteroatoms. The first-order valence-electron chi connectivity index (χ1n) is 9.89. The number of aromatic nitrogens is 3. The summed E-state index contributed by atoms with van der Waals surface area (Å²) in [6, 6.07) is 5.92. The van der Waals surface area contributed by atoms with Gasteiger partial charge in [-0.25, -0.2) is 4.98 Å². The van der Waals surface area contributed by atoms with Crippen molar-refractivity contribution in [3.05, 3.63) is 41.9 Å². The molecule has 4 heterocycles. The van der Waals surface area contributed by atoms with E-state index in [1.54, 1.807) is 10.9 Å². The lowest BCUT2D eigenvalue weighted by atomic mass is 9.95. The molecule has 7 nitrogen and oxygen atoms in total. The third kappa shape index (κ3) is 3.98. The maximum absolute atomic E-state index is 12.5. The predicted molar refractivity (Wildman–Crippen MR) is 103 cm³/mol. The number of pyridine rings is 1. The Bertz CT molecular complexity index is 767. The summed E-state index contributed by atoms with van der Waals surface area (Å²) in [6.45, 7) is 4.20. The van der Waals surface area contributed by atoms with E-state index < -0.39 is 0 Å². The van der Waals surface area contributed by atoms with Crippen molar-refractivity contribution < 1.29 is 9.90 Å². The molecule has 27 heavy (non-hydrogen) atoms. The maximum atomic E-state index is 12.5. The molecule has 0 aliphatic carbocycles. The van der Waals surface area contributed by atoms with E-state index in [0.717, 1.165) is 63.4 Å². The summed E-state index contributed by atoms with van der Waals surface area (Å²) in [6.07, 6.45) is 8.05. The lowest BCUT2D eigenvalue weighted by Crippen LogP contribution is -2.35. The minimum atomic E-state index is 0.0949. The topological polar surface area (TPSA) is 74.5 Å². The van der Waals surface area contributed by atoms with Crippen LogP contribution in [0.1, 0.15) is 47.7 Å². The van der Waals surface area contributed by atoms with Gasteiger partial charge in [-0.2, -0.15) is 5.10 Å². The molecule has 1 N–H and O–H groups in total. The van der Waals surface area contributed by atoms with Gasteiger partial charge in [0.1, 0.15) is 5.82 Å². The standard InChI is InChI=1S/C20H27N5O2/c26-13-12-25-11-7-18(22-25)17-4-3-10-24(15-17)19-6-5-16(14-21-19)20(27)23-8-1-2-9-23/h5-7,11,14,17,26H,1-4,8-10,12-13,15H2/t17-/m0/s1. The van der Waals surface area contributed by atoms with Crippen LogP contribution in [0, 0.1) is 0 Å². The number of amides is 1. The van der Waals surface area contributed by atoms with Crippen LogP contribution in [-0.2, 0) is 6.54 Å². The summed E-state index contributed by atoms with van der Waals surface area (Å²) < 4.78 is 1.80. The molecule has 2 saturated heterocycles. The molecule has 0 radical (unpaired) electrons. The number of carbonyl (C=O) groups is 1. The van der Waals surface area contributed by atoms with Crippen molar-refractivity contribution in [1.82, 2.24) is 19.7 Å². The lowest BCUT2D eigenvalue weighted by Gasteiger charge is -2.33. The van der Waals surface area contributed by atoms with Crippen molar-refractivity contribution in [2.24, 2.45) is 0 Å². The van der Waals surface area contributed by atoms with E-state index >= 15 is 0 Å². The monoisotopic (exact) mass is 369 g/mol. The fourth-order valence-electron chi connectivity index (χ4n) is 4.05. The van der Waals surface area contributed by atoms with Gasteiger partial charge in [-0.05, 0) is 43.9 Å². The molecule has 0 unspecified atom stereocenters. The number of rotatable bonds is 5. The first-order valence-corrected chi connectivity index (χ1v) is 9.89. The molecule has 0 saturated carbocycles. The minimum Gasteiger partial charge on any atom is -0.394 e. The molecule has 2 fully saturated rings. The lowest BCUT2D eigenvalue weighted by molar-refractivity contribution is 0.0792. The molecule has 2 aliphatic rings. The van der Waals surface area contributed by atoms with Gasteiger partial charge < -0.3 is 14.9 Å². The van der Waals surface area contributed by atoms with Gasteiger partial charge in [0.2, 0.25) is 0 Å². The van der Waals surface area contributed by atoms with Crippen LogP contribution >= 0.6 is 0 Å². The van der Waals surface area contributed by atoms with E-state index in [2.05, 4.69) is 21.0 Å². The average molecular weight is 369 g/mol. The van der Waals surface area contributed by atoms with Crippen LogP contribution in [0.25, 0.3) is 0 Å². The zero-order valence-corrected chi connectivity index (χ0v) is 15.6. The first-order chi connectivity index (χ1) is 13.2. The van der Waals surface area contributed by atoms with Gasteiger partial charge in [0.25, 0.3) is 5.91 Å². The van der Waals surface area contributed by atoms with Crippen LogP contribution in [0.15, 0.2) is 30.6 Å². The predicted octanol–water partition coefficient (Wildman–Crippen LogP) is 1.89. The fraction of sp³-hybridized carbons (Fsp3) is 0.550. The van der Waals surface area contributed by atoms with Crippen LogP contribution in [0.4, 0.5) is 5.82 Å². The van der Waals surface area contributed by atoms with Crippen molar-refractivity contribution in [2.75, 3.05) is 37.7 Å². The maximum Gasteiger partial charge on any atom is 0.255 e. The highest BCUT2D eigenvalue weighted by Crippen LogP contribution is 2.28. The Morgan fingerprint density at radius 3 is 2.74 bits per heavy atom. The van der Waals surface area contributed by atoms with E-state index in [1.165, 1.54) is 0 Å². The number of aliphatic hydroxyl groups is 1. The highest BCUT2D eigenvalue weighted by Gasteiger charge is 2.25. The minimum absolute atomic E-state index is 0.0949. The molecule has 0 aromatic carbocycles. The number of anilines is 1. The molecule has 1 amide bonds. The van der Waals surface area contributed by atoms with Crippen LogP contribution in [0.2, 0.25) is 0 Å². The number of carbonyl (C=O) groups excluding carboxylic acids is 1. The number of aliphatic hydroxyl groups excluding tert-OH is 1. The third-order valence-corrected chi connectivity index (χ3v) is 5.54. The van der Waals surface area contributed by atoms with Gasteiger partial charge in [-0.3, -0.25) is 9.48 Å². The van der Waals surface area contributed by atoms with Gasteiger partial charge in [-0.1, -0.05) is 0 Å². The van der Waals surface area contributed by atoms with Gasteiger partial charge in [0.15, 0.2) is 0 Å². The smallest absolute Gasteiger partial charge is 0.255 e. The molecular formula is C20H27N5O2. The molecule has 4 rings (SSSR count). The summed E-state index contributed by atoms with van der Waals surface area (Å²) >= 11 is 0. The molecule has 1 atom stereocenters. The first kappa shape index (κ1) is 18.0. The Morgan fingerprint density at radius 1 is 1.15 bits per heavy atom. The summed E-state index contributed by atoms with van der Waals surface area (Å²) in [4.78, 5) is 21.2. The number of piperidine rings is 1. The van der Waals surface area contributed by atoms with Crippen molar-refractivity contribution in [2.45, 2.75) is 38.1 Å². The normalized spacial score (nSPS) is 20.3. The number of hydrogen-bond acceptors (Lipinski definition) is 5.